The smallest absolute Gasteiger partial charge is 0.296 e. The van der Waals surface area contributed by atoms with Crippen molar-refractivity contribution in [1.29, 1.82) is 0 Å². The van der Waals surface area contributed by atoms with Gasteiger partial charge in [-0.15, -0.1) is 0 Å². The summed E-state index contributed by atoms with van der Waals surface area (Å²) in [5.74, 6) is -1.07. The lowest BCUT2D eigenvalue weighted by Gasteiger charge is -2.24. The molecule has 30 heavy (non-hydrogen) atoms. The Hall–Kier alpha value is -4.00. The second kappa shape index (κ2) is 8.16. The number of pyridine rings is 2. The summed E-state index contributed by atoms with van der Waals surface area (Å²) in [5.41, 5.74) is 1.68. The number of aliphatic hydroxyl groups is 1. The molecule has 1 saturated heterocycles. The molecule has 1 aromatic carbocycles. The Balaban J connectivity index is 1.83. The number of likely N-dealkylation sites (tertiary alicyclic amines) is 1. The zero-order chi connectivity index (χ0) is 21.1. The van der Waals surface area contributed by atoms with Gasteiger partial charge in [0.05, 0.1) is 18.4 Å². The summed E-state index contributed by atoms with van der Waals surface area (Å²) in [6.07, 6.45) is 4.86. The summed E-state index contributed by atoms with van der Waals surface area (Å²) in [4.78, 5) is 35.7. The van der Waals surface area contributed by atoms with Gasteiger partial charge in [-0.1, -0.05) is 12.1 Å². The Morgan fingerprint density at radius 3 is 2.50 bits per heavy atom. The number of aliphatic hydroxyl groups excluding tert-OH is 1. The number of carbonyl (C=O) groups is 2. The number of Topliss-reactive ketones (excluding diaryl/α,β-unsaturated/α-hetero) is 1. The molecule has 4 rings (SSSR count). The Kier molecular flexibility index (Phi) is 5.26. The molecule has 0 aliphatic carbocycles. The quantitative estimate of drug-likeness (QED) is 0.401. The SMILES string of the molecule is COc1ccc(C(O)=C2C(=O)C(=O)N(Cc3cccnc3)[C@H]2c2ccccn2)cc1. The second-order valence-electron chi connectivity index (χ2n) is 6.77. The van der Waals surface area contributed by atoms with Crippen LogP contribution in [0.5, 0.6) is 5.75 Å². The van der Waals surface area contributed by atoms with Crippen LogP contribution in [-0.2, 0) is 16.1 Å². The first-order chi connectivity index (χ1) is 14.6. The maximum absolute atomic E-state index is 13.0. The second-order valence-corrected chi connectivity index (χ2v) is 6.77. The lowest BCUT2D eigenvalue weighted by molar-refractivity contribution is -0.140. The molecule has 1 atom stereocenters. The summed E-state index contributed by atoms with van der Waals surface area (Å²) in [7, 11) is 1.54. The number of aromatic nitrogens is 2. The zero-order valence-corrected chi connectivity index (χ0v) is 16.2. The van der Waals surface area contributed by atoms with Gasteiger partial charge in [0, 0.05) is 30.7 Å². The lowest BCUT2D eigenvalue weighted by Crippen LogP contribution is -2.29. The highest BCUT2D eigenvalue weighted by Gasteiger charge is 2.46. The van der Waals surface area contributed by atoms with E-state index in [1.54, 1.807) is 74.2 Å². The third kappa shape index (κ3) is 3.53. The number of methoxy groups -OCH3 is 1. The van der Waals surface area contributed by atoms with Crippen molar-refractivity contribution in [2.24, 2.45) is 0 Å². The van der Waals surface area contributed by atoms with Crippen molar-refractivity contribution in [1.82, 2.24) is 14.9 Å². The van der Waals surface area contributed by atoms with E-state index in [2.05, 4.69) is 9.97 Å². The van der Waals surface area contributed by atoms with E-state index in [4.69, 9.17) is 4.74 Å². The van der Waals surface area contributed by atoms with Crippen LogP contribution >= 0.6 is 0 Å². The summed E-state index contributed by atoms with van der Waals surface area (Å²) in [6, 6.07) is 14.7. The zero-order valence-electron chi connectivity index (χ0n) is 16.2. The average Bonchev–Trinajstić information content (AvgIpc) is 3.05. The fourth-order valence-corrected chi connectivity index (χ4v) is 3.48. The topological polar surface area (TPSA) is 92.6 Å². The fourth-order valence-electron chi connectivity index (χ4n) is 3.48. The first-order valence-electron chi connectivity index (χ1n) is 9.33. The van der Waals surface area contributed by atoms with Gasteiger partial charge in [-0.05, 0) is 48.0 Å². The lowest BCUT2D eigenvalue weighted by atomic mass is 9.98. The number of hydrogen-bond acceptors (Lipinski definition) is 6. The minimum absolute atomic E-state index is 0.00718. The molecular formula is C23H19N3O4. The highest BCUT2D eigenvalue weighted by atomic mass is 16.5. The van der Waals surface area contributed by atoms with Crippen molar-refractivity contribution in [3.63, 3.8) is 0 Å². The Morgan fingerprint density at radius 1 is 1.07 bits per heavy atom. The van der Waals surface area contributed by atoms with Crippen LogP contribution in [0.2, 0.25) is 0 Å². The van der Waals surface area contributed by atoms with Crippen LogP contribution in [0.15, 0.2) is 78.8 Å². The number of rotatable bonds is 5. The predicted molar refractivity (Wildman–Crippen MR) is 109 cm³/mol. The molecule has 0 saturated carbocycles. The van der Waals surface area contributed by atoms with E-state index in [9.17, 15) is 14.7 Å². The number of carbonyl (C=O) groups excluding carboxylic acids is 2. The van der Waals surface area contributed by atoms with Gasteiger partial charge < -0.3 is 14.7 Å². The minimum atomic E-state index is -0.812. The number of hydrogen-bond donors (Lipinski definition) is 1. The largest absolute Gasteiger partial charge is 0.507 e. The van der Waals surface area contributed by atoms with Gasteiger partial charge >= 0.3 is 0 Å². The summed E-state index contributed by atoms with van der Waals surface area (Å²) < 4.78 is 5.14. The van der Waals surface area contributed by atoms with Crippen molar-refractivity contribution in [2.75, 3.05) is 7.11 Å². The van der Waals surface area contributed by atoms with Crippen molar-refractivity contribution in [3.05, 3.63) is 95.6 Å². The molecule has 150 valence electrons. The van der Waals surface area contributed by atoms with Gasteiger partial charge in [0.1, 0.15) is 17.6 Å². The van der Waals surface area contributed by atoms with E-state index in [0.717, 1.165) is 5.56 Å². The van der Waals surface area contributed by atoms with Crippen LogP contribution in [0, 0.1) is 0 Å². The van der Waals surface area contributed by atoms with Crippen molar-refractivity contribution >= 4 is 17.4 Å². The fraction of sp³-hybridized carbons (Fsp3) is 0.130. The molecule has 1 amide bonds. The van der Waals surface area contributed by atoms with Crippen LogP contribution < -0.4 is 4.74 Å². The van der Waals surface area contributed by atoms with E-state index < -0.39 is 17.7 Å². The highest BCUT2D eigenvalue weighted by molar-refractivity contribution is 6.46. The van der Waals surface area contributed by atoms with E-state index in [1.165, 1.54) is 4.90 Å². The summed E-state index contributed by atoms with van der Waals surface area (Å²) in [5, 5.41) is 11.0. The van der Waals surface area contributed by atoms with E-state index >= 15 is 0 Å². The van der Waals surface area contributed by atoms with Crippen LogP contribution in [0.4, 0.5) is 0 Å². The molecule has 1 N–H and O–H groups in total. The molecule has 0 bridgehead atoms. The Bertz CT molecular complexity index is 1100. The molecule has 0 unspecified atom stereocenters. The van der Waals surface area contributed by atoms with Crippen molar-refractivity contribution in [2.45, 2.75) is 12.6 Å². The maximum atomic E-state index is 13.0. The molecule has 1 aliphatic rings. The molecule has 0 radical (unpaired) electrons. The van der Waals surface area contributed by atoms with Gasteiger partial charge in [0.25, 0.3) is 11.7 Å². The van der Waals surface area contributed by atoms with Gasteiger partial charge in [-0.3, -0.25) is 19.6 Å². The van der Waals surface area contributed by atoms with Crippen molar-refractivity contribution < 1.29 is 19.4 Å². The number of ether oxygens (including phenoxy) is 1. The normalized spacial score (nSPS) is 17.9. The molecule has 1 aliphatic heterocycles. The third-order valence-electron chi connectivity index (χ3n) is 4.95. The number of amides is 1. The van der Waals surface area contributed by atoms with E-state index in [1.807, 2.05) is 6.07 Å². The van der Waals surface area contributed by atoms with Crippen LogP contribution in [0.25, 0.3) is 5.76 Å². The molecule has 3 aromatic rings. The molecule has 1 fully saturated rings. The number of nitrogens with zero attached hydrogens (tertiary/aromatic N) is 3. The average molecular weight is 401 g/mol. The Morgan fingerprint density at radius 2 is 1.87 bits per heavy atom. The molecule has 2 aromatic heterocycles. The van der Waals surface area contributed by atoms with E-state index in [-0.39, 0.29) is 17.9 Å². The summed E-state index contributed by atoms with van der Waals surface area (Å²) in [6.45, 7) is 0.166. The minimum Gasteiger partial charge on any atom is -0.507 e. The number of benzene rings is 1. The molecule has 0 spiro atoms. The maximum Gasteiger partial charge on any atom is 0.296 e. The predicted octanol–water partition coefficient (Wildman–Crippen LogP) is 3.11. The molecule has 3 heterocycles. The first kappa shape index (κ1) is 19.3. The van der Waals surface area contributed by atoms with Gasteiger partial charge in [0.15, 0.2) is 0 Å². The molecule has 7 heteroatoms. The van der Waals surface area contributed by atoms with Crippen molar-refractivity contribution in [3.8, 4) is 5.75 Å². The monoisotopic (exact) mass is 401 g/mol. The van der Waals surface area contributed by atoms with Crippen LogP contribution in [0.1, 0.15) is 22.9 Å². The summed E-state index contributed by atoms with van der Waals surface area (Å²) >= 11 is 0. The molecule has 7 nitrogen and oxygen atoms in total. The van der Waals surface area contributed by atoms with Gasteiger partial charge in [0.2, 0.25) is 0 Å². The highest BCUT2D eigenvalue weighted by Crippen LogP contribution is 2.39. The Labute approximate surface area is 173 Å². The number of ketones is 1. The third-order valence-corrected chi connectivity index (χ3v) is 4.95. The van der Waals surface area contributed by atoms with Crippen LogP contribution in [0.3, 0.4) is 0 Å². The van der Waals surface area contributed by atoms with Crippen LogP contribution in [-0.4, -0.2) is 38.8 Å². The van der Waals surface area contributed by atoms with Gasteiger partial charge in [-0.25, -0.2) is 0 Å². The standard InChI is InChI=1S/C23H19N3O4/c1-30-17-9-7-16(8-10-17)21(27)19-20(18-6-2-3-12-25-18)26(23(29)22(19)28)14-15-5-4-11-24-13-15/h2-13,20,27H,14H2,1H3/t20-/m0/s1. The first-order valence-corrected chi connectivity index (χ1v) is 9.33. The van der Waals surface area contributed by atoms with E-state index in [0.29, 0.717) is 17.0 Å². The molecular weight excluding hydrogens is 382 g/mol. The van der Waals surface area contributed by atoms with Gasteiger partial charge in [-0.2, -0.15) is 0 Å².